The van der Waals surface area contributed by atoms with Crippen LogP contribution >= 0.6 is 0 Å². The Morgan fingerprint density at radius 2 is 2.04 bits per heavy atom. The van der Waals surface area contributed by atoms with E-state index >= 15 is 0 Å². The van der Waals surface area contributed by atoms with Crippen molar-refractivity contribution in [3.8, 4) is 11.4 Å². The first-order chi connectivity index (χ1) is 11.4. The van der Waals surface area contributed by atoms with Crippen molar-refractivity contribution in [2.75, 3.05) is 11.9 Å². The summed E-state index contributed by atoms with van der Waals surface area (Å²) >= 11 is 0. The van der Waals surface area contributed by atoms with Gasteiger partial charge in [-0.2, -0.15) is 0 Å². The molecular formula is C18H20N4O2. The molecule has 1 unspecified atom stereocenters. The molecular weight excluding hydrogens is 304 g/mol. The van der Waals surface area contributed by atoms with E-state index in [2.05, 4.69) is 20.3 Å². The summed E-state index contributed by atoms with van der Waals surface area (Å²) in [4.78, 5) is 13.0. The maximum Gasteiger partial charge on any atom is 0.163 e. The largest absolute Gasteiger partial charge is 0.463 e. The molecule has 24 heavy (non-hydrogen) atoms. The van der Waals surface area contributed by atoms with Gasteiger partial charge >= 0.3 is 0 Å². The van der Waals surface area contributed by atoms with Gasteiger partial charge in [0.2, 0.25) is 0 Å². The lowest BCUT2D eigenvalue weighted by Gasteiger charge is -2.21. The van der Waals surface area contributed by atoms with Crippen LogP contribution in [0, 0.1) is 13.8 Å². The molecule has 1 atom stereocenters. The molecule has 0 saturated carbocycles. The van der Waals surface area contributed by atoms with Gasteiger partial charge < -0.3 is 14.8 Å². The van der Waals surface area contributed by atoms with Gasteiger partial charge in [0.25, 0.3) is 0 Å². The Balaban J connectivity index is 1.79. The zero-order chi connectivity index (χ0) is 17.2. The van der Waals surface area contributed by atoms with E-state index in [1.54, 1.807) is 25.4 Å². The van der Waals surface area contributed by atoms with Crippen LogP contribution in [0.4, 0.5) is 5.82 Å². The molecule has 3 aromatic rings. The van der Waals surface area contributed by atoms with Gasteiger partial charge in [-0.05, 0) is 45.0 Å². The first-order valence-corrected chi connectivity index (χ1v) is 7.73. The zero-order valence-corrected chi connectivity index (χ0v) is 13.9. The fraction of sp³-hybridized carbons (Fsp3) is 0.278. The number of aryl methyl sites for hydroxylation is 2. The fourth-order valence-electron chi connectivity index (χ4n) is 2.36. The summed E-state index contributed by atoms with van der Waals surface area (Å²) in [7, 11) is 0. The Hall–Kier alpha value is -2.73. The lowest BCUT2D eigenvalue weighted by molar-refractivity contribution is 0.0467. The van der Waals surface area contributed by atoms with E-state index in [0.29, 0.717) is 17.4 Å². The van der Waals surface area contributed by atoms with E-state index < -0.39 is 5.60 Å². The van der Waals surface area contributed by atoms with Crippen molar-refractivity contribution in [3.05, 3.63) is 59.9 Å². The monoisotopic (exact) mass is 324 g/mol. The molecule has 0 radical (unpaired) electrons. The quantitative estimate of drug-likeness (QED) is 0.750. The summed E-state index contributed by atoms with van der Waals surface area (Å²) in [6.45, 7) is 5.72. The van der Waals surface area contributed by atoms with Crippen LogP contribution in [0.2, 0.25) is 0 Å². The first kappa shape index (κ1) is 16.1. The molecule has 0 aliphatic heterocycles. The number of nitrogens with one attached hydrogen (secondary N) is 1. The van der Waals surface area contributed by atoms with Crippen LogP contribution in [0.5, 0.6) is 0 Å². The van der Waals surface area contributed by atoms with Gasteiger partial charge in [0.15, 0.2) is 5.82 Å². The standard InChI is InChI=1S/C18H20N4O2/c1-12-9-16(22-17(21-12)14-5-4-8-19-10-14)20-11-18(3,23)15-7-6-13(2)24-15/h4-10,23H,11H2,1-3H3,(H,20,21,22). The SMILES string of the molecule is Cc1cc(NCC(C)(O)c2ccc(C)o2)nc(-c2cccnc2)n1. The van der Waals surface area contributed by atoms with Crippen molar-refractivity contribution >= 4 is 5.82 Å². The minimum Gasteiger partial charge on any atom is -0.463 e. The molecule has 6 nitrogen and oxygen atoms in total. The summed E-state index contributed by atoms with van der Waals surface area (Å²) in [6.07, 6.45) is 3.43. The predicted molar refractivity (Wildman–Crippen MR) is 91.5 cm³/mol. The lowest BCUT2D eigenvalue weighted by atomic mass is 10.0. The summed E-state index contributed by atoms with van der Waals surface area (Å²) in [5.41, 5.74) is 0.541. The van der Waals surface area contributed by atoms with Crippen molar-refractivity contribution in [2.24, 2.45) is 0 Å². The number of aliphatic hydroxyl groups is 1. The summed E-state index contributed by atoms with van der Waals surface area (Å²) in [5.74, 6) is 2.52. The van der Waals surface area contributed by atoms with Gasteiger partial charge in [0.1, 0.15) is 22.9 Å². The highest BCUT2D eigenvalue weighted by Gasteiger charge is 2.26. The van der Waals surface area contributed by atoms with Crippen molar-refractivity contribution in [1.29, 1.82) is 0 Å². The molecule has 0 bridgehead atoms. The minimum atomic E-state index is -1.14. The predicted octanol–water partition coefficient (Wildman–Crippen LogP) is 3.07. The highest BCUT2D eigenvalue weighted by atomic mass is 16.4. The molecule has 3 aromatic heterocycles. The zero-order valence-electron chi connectivity index (χ0n) is 13.9. The van der Waals surface area contributed by atoms with Crippen LogP contribution in [-0.4, -0.2) is 26.6 Å². The van der Waals surface area contributed by atoms with Gasteiger partial charge in [-0.25, -0.2) is 9.97 Å². The molecule has 0 aliphatic rings. The average molecular weight is 324 g/mol. The number of furan rings is 1. The number of nitrogens with zero attached hydrogens (tertiary/aromatic N) is 3. The van der Waals surface area contributed by atoms with Crippen molar-refractivity contribution in [2.45, 2.75) is 26.4 Å². The van der Waals surface area contributed by atoms with E-state index in [1.165, 1.54) is 0 Å². The first-order valence-electron chi connectivity index (χ1n) is 7.73. The second kappa shape index (κ2) is 6.41. The highest BCUT2D eigenvalue weighted by molar-refractivity contribution is 5.56. The molecule has 0 fully saturated rings. The number of pyridine rings is 1. The maximum atomic E-state index is 10.6. The number of hydrogen-bond acceptors (Lipinski definition) is 6. The Bertz CT molecular complexity index is 828. The second-order valence-corrected chi connectivity index (χ2v) is 6.00. The molecule has 124 valence electrons. The minimum absolute atomic E-state index is 0.267. The smallest absolute Gasteiger partial charge is 0.163 e. The number of anilines is 1. The number of aromatic nitrogens is 3. The van der Waals surface area contributed by atoms with Crippen LogP contribution in [0.15, 0.2) is 47.1 Å². The molecule has 0 amide bonds. The lowest BCUT2D eigenvalue weighted by Crippen LogP contribution is -2.30. The Morgan fingerprint density at radius 3 is 2.71 bits per heavy atom. The van der Waals surface area contributed by atoms with E-state index in [9.17, 15) is 5.11 Å². The molecule has 0 aromatic carbocycles. The van der Waals surface area contributed by atoms with E-state index in [1.807, 2.05) is 38.1 Å². The third kappa shape index (κ3) is 3.60. The van der Waals surface area contributed by atoms with Gasteiger partial charge in [-0.3, -0.25) is 4.98 Å². The molecule has 3 heterocycles. The number of hydrogen-bond donors (Lipinski definition) is 2. The van der Waals surface area contributed by atoms with E-state index in [4.69, 9.17) is 4.42 Å². The van der Waals surface area contributed by atoms with Crippen molar-refractivity contribution in [3.63, 3.8) is 0 Å². The topological polar surface area (TPSA) is 84.1 Å². The van der Waals surface area contributed by atoms with E-state index in [0.717, 1.165) is 17.0 Å². The Labute approximate surface area is 140 Å². The molecule has 3 rings (SSSR count). The summed E-state index contributed by atoms with van der Waals surface area (Å²) in [6, 6.07) is 9.21. The fourth-order valence-corrected chi connectivity index (χ4v) is 2.36. The van der Waals surface area contributed by atoms with Gasteiger partial charge in [0.05, 0.1) is 6.54 Å². The second-order valence-electron chi connectivity index (χ2n) is 6.00. The van der Waals surface area contributed by atoms with Crippen LogP contribution in [0.25, 0.3) is 11.4 Å². The normalized spacial score (nSPS) is 13.5. The van der Waals surface area contributed by atoms with Gasteiger partial charge in [-0.15, -0.1) is 0 Å². The summed E-state index contributed by atoms with van der Waals surface area (Å²) in [5, 5.41) is 13.8. The van der Waals surface area contributed by atoms with Crippen LogP contribution in [0.1, 0.15) is 24.1 Å². The maximum absolute atomic E-state index is 10.6. The molecule has 0 spiro atoms. The Morgan fingerprint density at radius 1 is 1.21 bits per heavy atom. The molecule has 6 heteroatoms. The number of rotatable bonds is 5. The highest BCUT2D eigenvalue weighted by Crippen LogP contribution is 2.24. The van der Waals surface area contributed by atoms with Crippen LogP contribution < -0.4 is 5.32 Å². The molecule has 2 N–H and O–H groups in total. The molecule has 0 aliphatic carbocycles. The van der Waals surface area contributed by atoms with Gasteiger partial charge in [0, 0.05) is 29.7 Å². The van der Waals surface area contributed by atoms with E-state index in [-0.39, 0.29) is 6.54 Å². The van der Waals surface area contributed by atoms with Crippen LogP contribution in [-0.2, 0) is 5.60 Å². The van der Waals surface area contributed by atoms with Gasteiger partial charge in [-0.1, -0.05) is 0 Å². The summed E-state index contributed by atoms with van der Waals surface area (Å²) < 4.78 is 5.52. The van der Waals surface area contributed by atoms with Crippen LogP contribution in [0.3, 0.4) is 0 Å². The average Bonchev–Trinajstić information content (AvgIpc) is 3.01. The molecule has 0 saturated heterocycles. The third-order valence-corrected chi connectivity index (χ3v) is 3.66. The van der Waals surface area contributed by atoms with Crippen molar-refractivity contribution in [1.82, 2.24) is 15.0 Å². The Kier molecular flexibility index (Phi) is 4.31. The third-order valence-electron chi connectivity index (χ3n) is 3.66. The van der Waals surface area contributed by atoms with Crippen molar-refractivity contribution < 1.29 is 9.52 Å².